The summed E-state index contributed by atoms with van der Waals surface area (Å²) in [5.74, 6) is -1.53. The molecule has 1 fully saturated rings. The molecule has 1 aliphatic heterocycles. The number of cyclic esters (lactones) is 1. The first-order chi connectivity index (χ1) is 8.83. The van der Waals surface area contributed by atoms with Gasteiger partial charge in [-0.2, -0.15) is 0 Å². The molecule has 112 valence electrons. The van der Waals surface area contributed by atoms with Gasteiger partial charge in [0, 0.05) is 12.5 Å². The third kappa shape index (κ3) is 6.57. The van der Waals surface area contributed by atoms with E-state index in [2.05, 4.69) is 13.8 Å². The lowest BCUT2D eigenvalue weighted by Crippen LogP contribution is -2.39. The molecule has 5 nitrogen and oxygen atoms in total. The first-order valence-corrected chi connectivity index (χ1v) is 7.01. The van der Waals surface area contributed by atoms with Crippen LogP contribution in [-0.2, 0) is 14.3 Å². The van der Waals surface area contributed by atoms with Crippen molar-refractivity contribution in [3.05, 3.63) is 0 Å². The Morgan fingerprint density at radius 1 is 1.47 bits per heavy atom. The lowest BCUT2D eigenvalue weighted by Gasteiger charge is -2.23. The minimum atomic E-state index is -0.838. The Labute approximate surface area is 115 Å². The number of carbonyl (C=O) groups is 2. The number of carboxylic acids is 1. The molecule has 0 aromatic carbocycles. The van der Waals surface area contributed by atoms with Crippen LogP contribution in [-0.4, -0.2) is 29.2 Å². The lowest BCUT2D eigenvalue weighted by atomic mass is 9.87. The summed E-state index contributed by atoms with van der Waals surface area (Å²) in [5, 5.41) is 9.02. The first kappa shape index (κ1) is 17.9. The summed E-state index contributed by atoms with van der Waals surface area (Å²) < 4.78 is 5.03. The first-order valence-electron chi connectivity index (χ1n) is 7.01. The van der Waals surface area contributed by atoms with Crippen molar-refractivity contribution >= 4 is 11.9 Å². The number of esters is 1. The zero-order valence-corrected chi connectivity index (χ0v) is 12.4. The molecule has 1 saturated heterocycles. The molecule has 0 radical (unpaired) electrons. The number of hydrogen-bond acceptors (Lipinski definition) is 4. The normalized spacial score (nSPS) is 21.4. The van der Waals surface area contributed by atoms with E-state index in [1.807, 2.05) is 13.8 Å². The molecule has 1 rings (SSSR count). The molecule has 1 heterocycles. The monoisotopic (exact) mass is 273 g/mol. The molecular formula is C14H27NO4. The minimum Gasteiger partial charge on any atom is -0.481 e. The average Bonchev–Trinajstić information content (AvgIpc) is 2.72. The lowest BCUT2D eigenvalue weighted by molar-refractivity contribution is -0.144. The molecule has 19 heavy (non-hydrogen) atoms. The van der Waals surface area contributed by atoms with Crippen LogP contribution in [0.1, 0.15) is 53.4 Å². The topological polar surface area (TPSA) is 89.6 Å². The van der Waals surface area contributed by atoms with Gasteiger partial charge < -0.3 is 15.6 Å². The maximum atomic E-state index is 11.0. The molecule has 3 atom stereocenters. The van der Waals surface area contributed by atoms with Gasteiger partial charge in [-0.25, -0.2) is 0 Å². The summed E-state index contributed by atoms with van der Waals surface area (Å²) in [6.45, 7) is 7.96. The van der Waals surface area contributed by atoms with Gasteiger partial charge in [0.15, 0.2) is 0 Å². The van der Waals surface area contributed by atoms with E-state index in [0.29, 0.717) is 19.3 Å². The Hall–Kier alpha value is -1.10. The largest absolute Gasteiger partial charge is 0.481 e. The molecule has 0 bridgehead atoms. The highest BCUT2D eigenvalue weighted by Gasteiger charge is 2.33. The van der Waals surface area contributed by atoms with Crippen LogP contribution in [0.5, 0.6) is 0 Å². The van der Waals surface area contributed by atoms with Crippen molar-refractivity contribution in [2.24, 2.45) is 17.6 Å². The zero-order valence-electron chi connectivity index (χ0n) is 12.4. The second kappa shape index (κ2) is 8.91. The van der Waals surface area contributed by atoms with Crippen LogP contribution in [0.4, 0.5) is 0 Å². The van der Waals surface area contributed by atoms with Gasteiger partial charge in [0.1, 0.15) is 6.10 Å². The number of carboxylic acid groups (broad SMARTS) is 1. The van der Waals surface area contributed by atoms with Crippen molar-refractivity contribution in [1.82, 2.24) is 0 Å². The Balaban J connectivity index is 0.000000982. The van der Waals surface area contributed by atoms with Gasteiger partial charge in [0.2, 0.25) is 0 Å². The van der Waals surface area contributed by atoms with Crippen molar-refractivity contribution in [2.75, 3.05) is 0 Å². The summed E-state index contributed by atoms with van der Waals surface area (Å²) in [4.78, 5) is 21.9. The highest BCUT2D eigenvalue weighted by atomic mass is 16.5. The Morgan fingerprint density at radius 3 is 2.32 bits per heavy atom. The quantitative estimate of drug-likeness (QED) is 0.749. The van der Waals surface area contributed by atoms with Gasteiger partial charge in [0.05, 0.1) is 5.92 Å². The van der Waals surface area contributed by atoms with Crippen LogP contribution in [0, 0.1) is 11.8 Å². The van der Waals surface area contributed by atoms with Crippen molar-refractivity contribution in [3.8, 4) is 0 Å². The van der Waals surface area contributed by atoms with Gasteiger partial charge >= 0.3 is 11.9 Å². The third-order valence-corrected chi connectivity index (χ3v) is 3.04. The second-order valence-corrected chi connectivity index (χ2v) is 5.36. The number of carbonyl (C=O) groups excluding carboxylic acids is 1. The fourth-order valence-electron chi connectivity index (χ4n) is 1.95. The van der Waals surface area contributed by atoms with Gasteiger partial charge in [0.25, 0.3) is 0 Å². The van der Waals surface area contributed by atoms with E-state index >= 15 is 0 Å². The number of rotatable bonds is 5. The molecule has 0 aromatic heterocycles. The molecule has 0 amide bonds. The van der Waals surface area contributed by atoms with E-state index in [1.165, 1.54) is 6.42 Å². The Morgan fingerprint density at radius 2 is 2.00 bits per heavy atom. The summed E-state index contributed by atoms with van der Waals surface area (Å²) in [5.41, 5.74) is 5.88. The van der Waals surface area contributed by atoms with E-state index in [-0.39, 0.29) is 24.0 Å². The van der Waals surface area contributed by atoms with E-state index in [0.717, 1.165) is 0 Å². The van der Waals surface area contributed by atoms with E-state index in [9.17, 15) is 9.59 Å². The number of hydrogen-bond donors (Lipinski definition) is 2. The molecule has 1 aliphatic rings. The smallest absolute Gasteiger partial charge is 0.306 e. The predicted molar refractivity (Wildman–Crippen MR) is 73.6 cm³/mol. The highest BCUT2D eigenvalue weighted by molar-refractivity contribution is 5.72. The summed E-state index contributed by atoms with van der Waals surface area (Å²) in [6, 6.07) is -0.380. The van der Waals surface area contributed by atoms with Crippen LogP contribution in [0.25, 0.3) is 0 Å². The van der Waals surface area contributed by atoms with Crippen molar-refractivity contribution in [3.63, 3.8) is 0 Å². The Kier molecular flexibility index (Phi) is 8.39. The number of aliphatic carboxylic acids is 1. The summed E-state index contributed by atoms with van der Waals surface area (Å²) >= 11 is 0. The standard InChI is InChI=1S/C11H19NO4.C3H8/c1-6(2)7(11(14)15)5-8(12)9-3-4-10(13)16-9;1-3-2/h6-9H,3-5,12H2,1-2H3,(H,14,15);3H2,1-2H3. The van der Waals surface area contributed by atoms with Crippen molar-refractivity contribution in [1.29, 1.82) is 0 Å². The van der Waals surface area contributed by atoms with Crippen LogP contribution in [0.15, 0.2) is 0 Å². The summed E-state index contributed by atoms with van der Waals surface area (Å²) in [7, 11) is 0. The predicted octanol–water partition coefficient (Wildman–Crippen LogP) is 2.18. The fourth-order valence-corrected chi connectivity index (χ4v) is 1.95. The molecule has 5 heteroatoms. The van der Waals surface area contributed by atoms with Crippen LogP contribution in [0.3, 0.4) is 0 Å². The molecule has 3 N–H and O–H groups in total. The maximum absolute atomic E-state index is 11.0. The van der Waals surface area contributed by atoms with E-state index in [4.69, 9.17) is 15.6 Å². The van der Waals surface area contributed by atoms with Gasteiger partial charge in [-0.15, -0.1) is 0 Å². The SMILES string of the molecule is CC(C)C(CC(N)C1CCC(=O)O1)C(=O)O.CCC. The molecule has 3 unspecified atom stereocenters. The Bertz CT molecular complexity index is 291. The van der Waals surface area contributed by atoms with Gasteiger partial charge in [-0.1, -0.05) is 34.1 Å². The van der Waals surface area contributed by atoms with Crippen LogP contribution >= 0.6 is 0 Å². The zero-order chi connectivity index (χ0) is 15.0. The number of nitrogens with two attached hydrogens (primary N) is 1. The second-order valence-electron chi connectivity index (χ2n) is 5.36. The van der Waals surface area contributed by atoms with Crippen molar-refractivity contribution in [2.45, 2.75) is 65.5 Å². The van der Waals surface area contributed by atoms with E-state index < -0.39 is 11.9 Å². The highest BCUT2D eigenvalue weighted by Crippen LogP contribution is 2.23. The molecule has 0 aliphatic carbocycles. The summed E-state index contributed by atoms with van der Waals surface area (Å²) in [6.07, 6.45) is 2.28. The fraction of sp³-hybridized carbons (Fsp3) is 0.857. The average molecular weight is 273 g/mol. The molecule has 0 spiro atoms. The third-order valence-electron chi connectivity index (χ3n) is 3.04. The molecule has 0 saturated carbocycles. The van der Waals surface area contributed by atoms with Gasteiger partial charge in [-0.05, 0) is 18.8 Å². The number of ether oxygens (including phenoxy) is 1. The molecule has 0 aromatic rings. The van der Waals surface area contributed by atoms with Crippen LogP contribution < -0.4 is 5.73 Å². The van der Waals surface area contributed by atoms with Crippen molar-refractivity contribution < 1.29 is 19.4 Å². The van der Waals surface area contributed by atoms with Crippen LogP contribution in [0.2, 0.25) is 0 Å². The maximum Gasteiger partial charge on any atom is 0.306 e. The minimum absolute atomic E-state index is 0.0284. The van der Waals surface area contributed by atoms with Gasteiger partial charge in [-0.3, -0.25) is 9.59 Å². The van der Waals surface area contributed by atoms with E-state index in [1.54, 1.807) is 0 Å². The molecular weight excluding hydrogens is 246 g/mol.